The minimum Gasteiger partial charge on any atom is -0.377 e. The molecule has 2 nitrogen and oxygen atoms in total. The van der Waals surface area contributed by atoms with Gasteiger partial charge in [-0.05, 0) is 68.6 Å². The Hall–Kier alpha value is -0.840. The summed E-state index contributed by atoms with van der Waals surface area (Å²) in [6.07, 6.45) is 0. The molecule has 0 amide bonds. The van der Waals surface area contributed by atoms with Crippen molar-refractivity contribution in [3.05, 3.63) is 62.5 Å². The Bertz CT molecular complexity index is 553. The van der Waals surface area contributed by atoms with Crippen molar-refractivity contribution in [3.63, 3.8) is 0 Å². The van der Waals surface area contributed by atoms with E-state index in [1.54, 1.807) is 0 Å². The van der Waals surface area contributed by atoms with Gasteiger partial charge < -0.3 is 11.1 Å². The van der Waals surface area contributed by atoms with Gasteiger partial charge in [0.15, 0.2) is 0 Å². The van der Waals surface area contributed by atoms with E-state index in [2.05, 4.69) is 80.5 Å². The summed E-state index contributed by atoms with van der Waals surface area (Å²) in [7, 11) is 0. The zero-order chi connectivity index (χ0) is 13.8. The summed E-state index contributed by atoms with van der Waals surface area (Å²) in [6.45, 7) is 2.62. The molecule has 0 aliphatic carbocycles. The van der Waals surface area contributed by atoms with Crippen LogP contribution in [0.1, 0.15) is 17.2 Å². The Labute approximate surface area is 130 Å². The SMILES string of the molecule is Cc1ccc(NC(CN)c2ccc(Br)c(Br)c2)cc1. The first-order valence-electron chi connectivity index (χ1n) is 6.08. The van der Waals surface area contributed by atoms with Crippen molar-refractivity contribution in [3.8, 4) is 0 Å². The summed E-state index contributed by atoms with van der Waals surface area (Å²) >= 11 is 7.00. The Morgan fingerprint density at radius 1 is 1.05 bits per heavy atom. The average molecular weight is 384 g/mol. The molecule has 0 aliphatic rings. The van der Waals surface area contributed by atoms with E-state index in [0.717, 1.165) is 20.2 Å². The van der Waals surface area contributed by atoms with Crippen LogP contribution in [-0.4, -0.2) is 6.54 Å². The summed E-state index contributed by atoms with van der Waals surface area (Å²) < 4.78 is 2.08. The van der Waals surface area contributed by atoms with Crippen molar-refractivity contribution in [2.45, 2.75) is 13.0 Å². The lowest BCUT2D eigenvalue weighted by Crippen LogP contribution is -2.20. The van der Waals surface area contributed by atoms with E-state index in [0.29, 0.717) is 6.54 Å². The molecule has 19 heavy (non-hydrogen) atoms. The topological polar surface area (TPSA) is 38.0 Å². The predicted molar refractivity (Wildman–Crippen MR) is 88.4 cm³/mol. The predicted octanol–water partition coefficient (Wildman–Crippen LogP) is 4.63. The second kappa shape index (κ2) is 6.55. The van der Waals surface area contributed by atoms with E-state index < -0.39 is 0 Å². The minimum absolute atomic E-state index is 0.104. The van der Waals surface area contributed by atoms with Crippen molar-refractivity contribution < 1.29 is 0 Å². The molecule has 0 saturated heterocycles. The molecule has 1 atom stereocenters. The molecule has 0 aliphatic heterocycles. The lowest BCUT2D eigenvalue weighted by molar-refractivity contribution is 0.789. The van der Waals surface area contributed by atoms with Crippen LogP contribution >= 0.6 is 31.9 Å². The van der Waals surface area contributed by atoms with Crippen LogP contribution in [0.5, 0.6) is 0 Å². The maximum Gasteiger partial charge on any atom is 0.0636 e. The molecular formula is C15H16Br2N2. The van der Waals surface area contributed by atoms with Gasteiger partial charge in [0.25, 0.3) is 0 Å². The average Bonchev–Trinajstić information content (AvgIpc) is 2.41. The summed E-state index contributed by atoms with van der Waals surface area (Å²) in [4.78, 5) is 0. The number of benzene rings is 2. The standard InChI is InChI=1S/C15H16Br2N2/c1-10-2-5-12(6-3-10)19-15(9-18)11-4-7-13(16)14(17)8-11/h2-8,15,19H,9,18H2,1H3. The van der Waals surface area contributed by atoms with Gasteiger partial charge in [0.05, 0.1) is 6.04 Å². The molecule has 4 heteroatoms. The van der Waals surface area contributed by atoms with Gasteiger partial charge in [0.2, 0.25) is 0 Å². The van der Waals surface area contributed by atoms with Gasteiger partial charge in [-0.2, -0.15) is 0 Å². The van der Waals surface area contributed by atoms with E-state index in [-0.39, 0.29) is 6.04 Å². The molecule has 0 radical (unpaired) electrons. The third kappa shape index (κ3) is 3.81. The van der Waals surface area contributed by atoms with Crippen LogP contribution in [0.3, 0.4) is 0 Å². The third-order valence-electron chi connectivity index (χ3n) is 2.97. The molecule has 100 valence electrons. The molecule has 2 rings (SSSR count). The Morgan fingerprint density at radius 2 is 1.74 bits per heavy atom. The van der Waals surface area contributed by atoms with Gasteiger partial charge in [-0.1, -0.05) is 23.8 Å². The van der Waals surface area contributed by atoms with Crippen molar-refractivity contribution in [2.24, 2.45) is 5.73 Å². The number of aryl methyl sites for hydroxylation is 1. The highest BCUT2D eigenvalue weighted by molar-refractivity contribution is 9.13. The maximum atomic E-state index is 5.88. The van der Waals surface area contributed by atoms with Crippen molar-refractivity contribution >= 4 is 37.5 Å². The number of anilines is 1. The van der Waals surface area contributed by atoms with Gasteiger partial charge in [-0.15, -0.1) is 0 Å². The molecule has 0 aromatic heterocycles. The molecule has 0 saturated carbocycles. The first-order chi connectivity index (χ1) is 9.10. The lowest BCUT2D eigenvalue weighted by atomic mass is 10.1. The van der Waals surface area contributed by atoms with Crippen molar-refractivity contribution in [1.82, 2.24) is 0 Å². The van der Waals surface area contributed by atoms with Gasteiger partial charge in [-0.25, -0.2) is 0 Å². The Kier molecular flexibility index (Phi) is 5.02. The van der Waals surface area contributed by atoms with Crippen LogP contribution < -0.4 is 11.1 Å². The van der Waals surface area contributed by atoms with Crippen LogP contribution in [0, 0.1) is 6.92 Å². The van der Waals surface area contributed by atoms with E-state index >= 15 is 0 Å². The largest absolute Gasteiger partial charge is 0.377 e. The van der Waals surface area contributed by atoms with Crippen LogP contribution in [0.4, 0.5) is 5.69 Å². The first-order valence-corrected chi connectivity index (χ1v) is 7.67. The summed E-state index contributed by atoms with van der Waals surface area (Å²) in [5.74, 6) is 0. The Balaban J connectivity index is 2.19. The second-order valence-electron chi connectivity index (χ2n) is 4.47. The van der Waals surface area contributed by atoms with Crippen molar-refractivity contribution in [1.29, 1.82) is 0 Å². The number of hydrogen-bond donors (Lipinski definition) is 2. The lowest BCUT2D eigenvalue weighted by Gasteiger charge is -2.19. The van der Waals surface area contributed by atoms with Crippen LogP contribution in [0.25, 0.3) is 0 Å². The molecular weight excluding hydrogens is 368 g/mol. The van der Waals surface area contributed by atoms with Gasteiger partial charge in [0, 0.05) is 21.2 Å². The van der Waals surface area contributed by atoms with E-state index in [4.69, 9.17) is 5.73 Å². The number of nitrogens with one attached hydrogen (secondary N) is 1. The monoisotopic (exact) mass is 382 g/mol. The normalized spacial score (nSPS) is 12.2. The molecule has 3 N–H and O–H groups in total. The first kappa shape index (κ1) is 14.6. The van der Waals surface area contributed by atoms with Crippen LogP contribution in [0.2, 0.25) is 0 Å². The van der Waals surface area contributed by atoms with E-state index in [9.17, 15) is 0 Å². The molecule has 0 bridgehead atoms. The fourth-order valence-corrected chi connectivity index (χ4v) is 2.50. The van der Waals surface area contributed by atoms with Crippen LogP contribution in [0.15, 0.2) is 51.4 Å². The minimum atomic E-state index is 0.104. The second-order valence-corrected chi connectivity index (χ2v) is 6.18. The number of halogens is 2. The Morgan fingerprint density at radius 3 is 2.32 bits per heavy atom. The summed E-state index contributed by atoms with van der Waals surface area (Å²) in [5.41, 5.74) is 9.38. The fraction of sp³-hybridized carbons (Fsp3) is 0.200. The summed E-state index contributed by atoms with van der Waals surface area (Å²) in [5, 5.41) is 3.46. The zero-order valence-electron chi connectivity index (χ0n) is 10.7. The van der Waals surface area contributed by atoms with Crippen molar-refractivity contribution in [2.75, 3.05) is 11.9 Å². The highest BCUT2D eigenvalue weighted by Gasteiger charge is 2.10. The van der Waals surface area contributed by atoms with Gasteiger partial charge in [0.1, 0.15) is 0 Å². The third-order valence-corrected chi connectivity index (χ3v) is 4.85. The van der Waals surface area contributed by atoms with E-state index in [1.165, 1.54) is 5.56 Å². The molecule has 0 fully saturated rings. The molecule has 0 spiro atoms. The van der Waals surface area contributed by atoms with Gasteiger partial charge >= 0.3 is 0 Å². The number of rotatable bonds is 4. The van der Waals surface area contributed by atoms with Gasteiger partial charge in [-0.3, -0.25) is 0 Å². The van der Waals surface area contributed by atoms with Crippen LogP contribution in [-0.2, 0) is 0 Å². The van der Waals surface area contributed by atoms with E-state index in [1.807, 2.05) is 6.07 Å². The fourth-order valence-electron chi connectivity index (χ4n) is 1.86. The number of nitrogens with two attached hydrogens (primary N) is 1. The molecule has 0 heterocycles. The number of hydrogen-bond acceptors (Lipinski definition) is 2. The summed E-state index contributed by atoms with van der Waals surface area (Å²) in [6, 6.07) is 14.6. The molecule has 1 unspecified atom stereocenters. The smallest absolute Gasteiger partial charge is 0.0636 e. The molecule has 2 aromatic carbocycles. The quantitative estimate of drug-likeness (QED) is 0.807. The highest BCUT2D eigenvalue weighted by atomic mass is 79.9. The molecule has 2 aromatic rings. The zero-order valence-corrected chi connectivity index (χ0v) is 13.8. The highest BCUT2D eigenvalue weighted by Crippen LogP contribution is 2.27. The maximum absolute atomic E-state index is 5.88.